The number of hydrogen-bond acceptors (Lipinski definition) is 1. The molecule has 0 rings (SSSR count). The molecule has 0 heterocycles. The molecular formula is C8H15O2. The molecule has 0 saturated heterocycles. The number of carbonyl (C=O) groups is 1. The predicted octanol–water partition coefficient (Wildman–Crippen LogP) is 2.02. The zero-order valence-electron chi connectivity index (χ0n) is 7.10. The molecule has 0 aliphatic rings. The van der Waals surface area contributed by atoms with Gasteiger partial charge in [0.05, 0.1) is 5.41 Å². The number of carbonyl (C=O) groups excluding carboxylic acids is 1. The molecule has 0 bridgehead atoms. The summed E-state index contributed by atoms with van der Waals surface area (Å²) >= 11 is 0. The summed E-state index contributed by atoms with van der Waals surface area (Å²) in [6.07, 6.45) is 0.876. The molecule has 1 radical (unpaired) electrons. The van der Waals surface area contributed by atoms with Gasteiger partial charge in [-0.1, -0.05) is 20.3 Å². The van der Waals surface area contributed by atoms with Crippen molar-refractivity contribution in [2.24, 2.45) is 11.3 Å². The molecule has 0 aromatic heterocycles. The van der Waals surface area contributed by atoms with Gasteiger partial charge in [-0.2, -0.15) is 0 Å². The van der Waals surface area contributed by atoms with Gasteiger partial charge in [0.2, 0.25) is 0 Å². The Hall–Kier alpha value is -0.530. The van der Waals surface area contributed by atoms with Gasteiger partial charge in [0.15, 0.2) is 0 Å². The van der Waals surface area contributed by atoms with E-state index in [-0.39, 0.29) is 5.92 Å². The normalized spacial score (nSPS) is 14.8. The second-order valence-electron chi connectivity index (χ2n) is 3.32. The van der Waals surface area contributed by atoms with Gasteiger partial charge in [-0.15, -0.1) is 0 Å². The SMILES string of the molecule is CCC(C)C(C)(C)C([O])=O. The lowest BCUT2D eigenvalue weighted by Gasteiger charge is -2.24. The van der Waals surface area contributed by atoms with E-state index in [0.717, 1.165) is 6.42 Å². The van der Waals surface area contributed by atoms with Gasteiger partial charge in [0.1, 0.15) is 0 Å². The molecule has 0 aliphatic carbocycles. The van der Waals surface area contributed by atoms with Crippen LogP contribution in [-0.2, 0) is 9.90 Å². The fraction of sp³-hybridized carbons (Fsp3) is 0.875. The smallest absolute Gasteiger partial charge is 0.247 e. The van der Waals surface area contributed by atoms with E-state index in [4.69, 9.17) is 0 Å². The molecule has 0 spiro atoms. The lowest BCUT2D eigenvalue weighted by molar-refractivity contribution is -0.156. The Bertz CT molecular complexity index is 127. The first kappa shape index (κ1) is 9.47. The third-order valence-electron chi connectivity index (χ3n) is 2.37. The number of hydrogen-bond donors (Lipinski definition) is 0. The Morgan fingerprint density at radius 3 is 2.00 bits per heavy atom. The fourth-order valence-corrected chi connectivity index (χ4v) is 0.711. The van der Waals surface area contributed by atoms with Gasteiger partial charge in [-0.3, -0.25) is 0 Å². The molecule has 2 heteroatoms. The van der Waals surface area contributed by atoms with Crippen molar-refractivity contribution in [3.05, 3.63) is 0 Å². The molecule has 0 amide bonds. The van der Waals surface area contributed by atoms with Crippen LogP contribution in [0.4, 0.5) is 0 Å². The Morgan fingerprint density at radius 1 is 1.50 bits per heavy atom. The average Bonchev–Trinajstić information content (AvgIpc) is 1.86. The first-order valence-electron chi connectivity index (χ1n) is 3.64. The molecule has 0 aromatic rings. The van der Waals surface area contributed by atoms with E-state index in [9.17, 15) is 9.90 Å². The van der Waals surface area contributed by atoms with E-state index in [0.29, 0.717) is 0 Å². The number of rotatable bonds is 3. The first-order chi connectivity index (χ1) is 4.42. The molecule has 10 heavy (non-hydrogen) atoms. The quantitative estimate of drug-likeness (QED) is 0.595. The van der Waals surface area contributed by atoms with E-state index >= 15 is 0 Å². The van der Waals surface area contributed by atoms with E-state index in [1.54, 1.807) is 13.8 Å². The highest BCUT2D eigenvalue weighted by molar-refractivity contribution is 5.73. The Kier molecular flexibility index (Phi) is 2.88. The van der Waals surface area contributed by atoms with Crippen molar-refractivity contribution in [1.29, 1.82) is 0 Å². The first-order valence-corrected chi connectivity index (χ1v) is 3.64. The largest absolute Gasteiger partial charge is 0.361 e. The zero-order valence-corrected chi connectivity index (χ0v) is 7.10. The molecule has 1 atom stereocenters. The van der Waals surface area contributed by atoms with Gasteiger partial charge >= 0.3 is 5.97 Å². The van der Waals surface area contributed by atoms with E-state index in [1.165, 1.54) is 0 Å². The van der Waals surface area contributed by atoms with Crippen LogP contribution < -0.4 is 0 Å². The average molecular weight is 143 g/mol. The fourth-order valence-electron chi connectivity index (χ4n) is 0.711. The van der Waals surface area contributed by atoms with Crippen LogP contribution in [0.2, 0.25) is 0 Å². The molecule has 0 saturated carbocycles. The van der Waals surface area contributed by atoms with Gasteiger partial charge < -0.3 is 0 Å². The predicted molar refractivity (Wildman–Crippen MR) is 38.9 cm³/mol. The lowest BCUT2D eigenvalue weighted by atomic mass is 9.79. The van der Waals surface area contributed by atoms with Crippen molar-refractivity contribution in [3.63, 3.8) is 0 Å². The molecule has 0 fully saturated rings. The maximum absolute atomic E-state index is 10.5. The van der Waals surface area contributed by atoms with Crippen molar-refractivity contribution in [3.8, 4) is 0 Å². The molecule has 0 aromatic carbocycles. The van der Waals surface area contributed by atoms with Gasteiger partial charge in [0.25, 0.3) is 0 Å². The van der Waals surface area contributed by atoms with E-state index in [2.05, 4.69) is 0 Å². The summed E-state index contributed by atoms with van der Waals surface area (Å²) in [4.78, 5) is 10.5. The van der Waals surface area contributed by atoms with Crippen LogP contribution in [0.5, 0.6) is 0 Å². The van der Waals surface area contributed by atoms with Crippen LogP contribution >= 0.6 is 0 Å². The summed E-state index contributed by atoms with van der Waals surface area (Å²) in [5.41, 5.74) is -0.686. The Labute approximate surface area is 62.2 Å². The third-order valence-corrected chi connectivity index (χ3v) is 2.37. The molecule has 1 unspecified atom stereocenters. The Morgan fingerprint density at radius 2 is 1.90 bits per heavy atom. The Balaban J connectivity index is 4.23. The van der Waals surface area contributed by atoms with Crippen LogP contribution in [0.3, 0.4) is 0 Å². The lowest BCUT2D eigenvalue weighted by Crippen LogP contribution is -2.29. The minimum atomic E-state index is -0.957. The van der Waals surface area contributed by atoms with Crippen molar-refractivity contribution in [1.82, 2.24) is 0 Å². The van der Waals surface area contributed by atoms with Gasteiger partial charge in [-0.05, 0) is 19.8 Å². The molecule has 59 valence electrons. The van der Waals surface area contributed by atoms with Crippen LogP contribution in [0, 0.1) is 11.3 Å². The topological polar surface area (TPSA) is 37.0 Å². The third kappa shape index (κ3) is 1.72. The van der Waals surface area contributed by atoms with Gasteiger partial charge in [0, 0.05) is 0 Å². The monoisotopic (exact) mass is 143 g/mol. The van der Waals surface area contributed by atoms with Gasteiger partial charge in [-0.25, -0.2) is 9.90 Å². The highest BCUT2D eigenvalue weighted by Gasteiger charge is 2.33. The summed E-state index contributed by atoms with van der Waals surface area (Å²) in [5, 5.41) is 10.5. The minimum Gasteiger partial charge on any atom is -0.247 e. The molecule has 0 aliphatic heterocycles. The van der Waals surface area contributed by atoms with Crippen molar-refractivity contribution in [2.75, 3.05) is 0 Å². The summed E-state index contributed by atoms with van der Waals surface area (Å²) in [7, 11) is 0. The van der Waals surface area contributed by atoms with Crippen LogP contribution in [0.1, 0.15) is 34.1 Å². The van der Waals surface area contributed by atoms with Crippen LogP contribution in [0.15, 0.2) is 0 Å². The summed E-state index contributed by atoms with van der Waals surface area (Å²) in [5.74, 6) is -0.778. The second kappa shape index (κ2) is 3.04. The highest BCUT2D eigenvalue weighted by Crippen LogP contribution is 2.28. The maximum Gasteiger partial charge on any atom is 0.361 e. The standard InChI is InChI=1S/C8H15O2/c1-5-6(2)8(3,4)7(9)10/h6H,5H2,1-4H3. The zero-order chi connectivity index (χ0) is 8.36. The summed E-state index contributed by atoms with van der Waals surface area (Å²) in [6, 6.07) is 0. The second-order valence-corrected chi connectivity index (χ2v) is 3.32. The highest BCUT2D eigenvalue weighted by atomic mass is 16.4. The van der Waals surface area contributed by atoms with Crippen molar-refractivity contribution >= 4 is 5.97 Å². The molecule has 2 nitrogen and oxygen atoms in total. The van der Waals surface area contributed by atoms with Crippen molar-refractivity contribution < 1.29 is 9.90 Å². The van der Waals surface area contributed by atoms with Crippen molar-refractivity contribution in [2.45, 2.75) is 34.1 Å². The minimum absolute atomic E-state index is 0.178. The molecule has 0 N–H and O–H groups in total. The van der Waals surface area contributed by atoms with E-state index in [1.807, 2.05) is 13.8 Å². The molecular weight excluding hydrogens is 128 g/mol. The van der Waals surface area contributed by atoms with Crippen LogP contribution in [-0.4, -0.2) is 5.97 Å². The van der Waals surface area contributed by atoms with Crippen LogP contribution in [0.25, 0.3) is 0 Å². The van der Waals surface area contributed by atoms with E-state index < -0.39 is 11.4 Å². The summed E-state index contributed by atoms with van der Waals surface area (Å²) in [6.45, 7) is 7.32. The summed E-state index contributed by atoms with van der Waals surface area (Å²) < 4.78 is 0. The maximum atomic E-state index is 10.5.